The Bertz CT molecular complexity index is 527. The molecule has 1 aromatic rings. The molecule has 0 bridgehead atoms. The van der Waals surface area contributed by atoms with Crippen molar-refractivity contribution in [1.82, 2.24) is 5.32 Å². The van der Waals surface area contributed by atoms with Gasteiger partial charge in [-0.3, -0.25) is 14.4 Å². The van der Waals surface area contributed by atoms with Crippen molar-refractivity contribution in [2.75, 3.05) is 18.5 Å². The SMILES string of the molecule is NC(=O)CNC(=O)c1ccc2c(c1)NC(=O)CO2. The summed E-state index contributed by atoms with van der Waals surface area (Å²) in [6.45, 7) is -0.279. The second-order valence-corrected chi connectivity index (χ2v) is 3.70. The second-order valence-electron chi connectivity index (χ2n) is 3.70. The number of fused-ring (bicyclic) bond motifs is 1. The minimum atomic E-state index is -0.627. The fraction of sp³-hybridized carbons (Fsp3) is 0.182. The van der Waals surface area contributed by atoms with Gasteiger partial charge in [-0.1, -0.05) is 0 Å². The maximum absolute atomic E-state index is 11.6. The molecule has 0 saturated carbocycles. The average molecular weight is 249 g/mol. The standard InChI is InChI=1S/C11H11N3O4/c12-9(15)4-13-11(17)6-1-2-8-7(3-6)14-10(16)5-18-8/h1-3H,4-5H2,(H2,12,15)(H,13,17)(H,14,16). The van der Waals surface area contributed by atoms with E-state index >= 15 is 0 Å². The van der Waals surface area contributed by atoms with Gasteiger partial charge in [0.05, 0.1) is 12.2 Å². The fourth-order valence-corrected chi connectivity index (χ4v) is 1.49. The van der Waals surface area contributed by atoms with Gasteiger partial charge in [0.25, 0.3) is 11.8 Å². The van der Waals surface area contributed by atoms with E-state index in [1.807, 2.05) is 0 Å². The summed E-state index contributed by atoms with van der Waals surface area (Å²) in [6.07, 6.45) is 0. The summed E-state index contributed by atoms with van der Waals surface area (Å²) in [5.74, 6) is -0.854. The third kappa shape index (κ3) is 2.57. The Labute approximate surface area is 102 Å². The highest BCUT2D eigenvalue weighted by molar-refractivity contribution is 6.00. The van der Waals surface area contributed by atoms with Crippen LogP contribution in [0.3, 0.4) is 0 Å². The summed E-state index contributed by atoms with van der Waals surface area (Å²) >= 11 is 0. The maximum atomic E-state index is 11.6. The Hall–Kier alpha value is -2.57. The smallest absolute Gasteiger partial charge is 0.262 e. The number of rotatable bonds is 3. The summed E-state index contributed by atoms with van der Waals surface area (Å²) < 4.78 is 5.15. The molecule has 18 heavy (non-hydrogen) atoms. The minimum Gasteiger partial charge on any atom is -0.482 e. The van der Waals surface area contributed by atoms with Crippen molar-refractivity contribution in [1.29, 1.82) is 0 Å². The number of ether oxygens (including phenoxy) is 1. The Kier molecular flexibility index (Phi) is 3.13. The van der Waals surface area contributed by atoms with Gasteiger partial charge in [-0.05, 0) is 18.2 Å². The van der Waals surface area contributed by atoms with Gasteiger partial charge in [-0.2, -0.15) is 0 Å². The van der Waals surface area contributed by atoms with Gasteiger partial charge in [-0.15, -0.1) is 0 Å². The molecule has 7 nitrogen and oxygen atoms in total. The summed E-state index contributed by atoms with van der Waals surface area (Å²) in [6, 6.07) is 4.59. The first kappa shape index (κ1) is 11.9. The van der Waals surface area contributed by atoms with Crippen LogP contribution in [0.5, 0.6) is 5.75 Å². The predicted octanol–water partition coefficient (Wildman–Crippen LogP) is -0.767. The van der Waals surface area contributed by atoms with E-state index in [0.717, 1.165) is 0 Å². The topological polar surface area (TPSA) is 111 Å². The number of primary amides is 1. The largest absolute Gasteiger partial charge is 0.482 e. The molecule has 1 aliphatic rings. The number of carbonyl (C=O) groups excluding carboxylic acids is 3. The van der Waals surface area contributed by atoms with Crippen LogP contribution < -0.4 is 21.1 Å². The zero-order valence-corrected chi connectivity index (χ0v) is 9.36. The van der Waals surface area contributed by atoms with Crippen LogP contribution in [0.4, 0.5) is 5.69 Å². The molecule has 3 amide bonds. The quantitative estimate of drug-likeness (QED) is 0.653. The van der Waals surface area contributed by atoms with Crippen LogP contribution in [0.25, 0.3) is 0 Å². The van der Waals surface area contributed by atoms with Crippen molar-refractivity contribution in [2.24, 2.45) is 5.73 Å². The third-order valence-electron chi connectivity index (χ3n) is 2.30. The number of amides is 3. The van der Waals surface area contributed by atoms with Crippen LogP contribution in [0, 0.1) is 0 Å². The molecule has 0 radical (unpaired) electrons. The van der Waals surface area contributed by atoms with Crippen LogP contribution in [-0.4, -0.2) is 30.9 Å². The molecular weight excluding hydrogens is 238 g/mol. The van der Waals surface area contributed by atoms with Crippen molar-refractivity contribution in [3.05, 3.63) is 23.8 Å². The molecular formula is C11H11N3O4. The molecule has 1 aromatic carbocycles. The summed E-state index contributed by atoms with van der Waals surface area (Å²) in [4.78, 5) is 33.3. The van der Waals surface area contributed by atoms with E-state index in [2.05, 4.69) is 10.6 Å². The number of anilines is 1. The van der Waals surface area contributed by atoms with Crippen molar-refractivity contribution >= 4 is 23.4 Å². The van der Waals surface area contributed by atoms with Crippen LogP contribution in [-0.2, 0) is 9.59 Å². The zero-order valence-electron chi connectivity index (χ0n) is 9.36. The highest BCUT2D eigenvalue weighted by atomic mass is 16.5. The van der Waals surface area contributed by atoms with Crippen molar-refractivity contribution in [2.45, 2.75) is 0 Å². The Morgan fingerprint density at radius 3 is 2.94 bits per heavy atom. The Morgan fingerprint density at radius 1 is 1.44 bits per heavy atom. The Balaban J connectivity index is 2.15. The molecule has 0 spiro atoms. The fourth-order valence-electron chi connectivity index (χ4n) is 1.49. The maximum Gasteiger partial charge on any atom is 0.262 e. The molecule has 1 aliphatic heterocycles. The molecule has 0 atom stereocenters. The van der Waals surface area contributed by atoms with E-state index in [1.54, 1.807) is 6.07 Å². The second kappa shape index (κ2) is 4.74. The lowest BCUT2D eigenvalue weighted by Crippen LogP contribution is -2.33. The molecule has 0 saturated heterocycles. The van der Waals surface area contributed by atoms with Gasteiger partial charge >= 0.3 is 0 Å². The minimum absolute atomic E-state index is 0.0414. The molecule has 4 N–H and O–H groups in total. The molecule has 7 heteroatoms. The van der Waals surface area contributed by atoms with E-state index in [4.69, 9.17) is 10.5 Å². The van der Waals surface area contributed by atoms with E-state index in [1.165, 1.54) is 12.1 Å². The van der Waals surface area contributed by atoms with Crippen molar-refractivity contribution in [3.63, 3.8) is 0 Å². The summed E-state index contributed by atoms with van der Waals surface area (Å²) in [5, 5.41) is 4.93. The first-order valence-electron chi connectivity index (χ1n) is 5.19. The first-order valence-corrected chi connectivity index (χ1v) is 5.19. The number of carbonyl (C=O) groups is 3. The molecule has 0 fully saturated rings. The lowest BCUT2D eigenvalue weighted by Gasteiger charge is -2.18. The van der Waals surface area contributed by atoms with Gasteiger partial charge in [0.1, 0.15) is 5.75 Å². The van der Waals surface area contributed by atoms with E-state index in [0.29, 0.717) is 17.0 Å². The normalized spacial score (nSPS) is 13.0. The van der Waals surface area contributed by atoms with Crippen LogP contribution >= 0.6 is 0 Å². The molecule has 94 valence electrons. The first-order chi connectivity index (χ1) is 8.56. The number of hydrogen-bond donors (Lipinski definition) is 3. The lowest BCUT2D eigenvalue weighted by atomic mass is 10.1. The van der Waals surface area contributed by atoms with Crippen molar-refractivity contribution in [3.8, 4) is 5.75 Å². The van der Waals surface area contributed by atoms with Crippen LogP contribution in [0.2, 0.25) is 0 Å². The number of nitrogens with one attached hydrogen (secondary N) is 2. The van der Waals surface area contributed by atoms with Crippen LogP contribution in [0.15, 0.2) is 18.2 Å². The summed E-state index contributed by atoms with van der Waals surface area (Å²) in [7, 11) is 0. The number of hydrogen-bond acceptors (Lipinski definition) is 4. The highest BCUT2D eigenvalue weighted by Crippen LogP contribution is 2.28. The van der Waals surface area contributed by atoms with E-state index in [9.17, 15) is 14.4 Å². The number of nitrogens with two attached hydrogens (primary N) is 1. The van der Waals surface area contributed by atoms with Gasteiger partial charge in [0, 0.05) is 5.56 Å². The molecule has 2 rings (SSSR count). The Morgan fingerprint density at radius 2 is 2.22 bits per heavy atom. The average Bonchev–Trinajstić information content (AvgIpc) is 2.34. The van der Waals surface area contributed by atoms with E-state index < -0.39 is 11.8 Å². The molecule has 0 unspecified atom stereocenters. The predicted molar refractivity (Wildman–Crippen MR) is 62.1 cm³/mol. The van der Waals surface area contributed by atoms with Gasteiger partial charge in [0.15, 0.2) is 6.61 Å². The monoisotopic (exact) mass is 249 g/mol. The molecule has 1 heterocycles. The van der Waals surface area contributed by atoms with Crippen LogP contribution in [0.1, 0.15) is 10.4 Å². The van der Waals surface area contributed by atoms with Crippen molar-refractivity contribution < 1.29 is 19.1 Å². The molecule has 0 aliphatic carbocycles. The van der Waals surface area contributed by atoms with Gasteiger partial charge < -0.3 is 21.1 Å². The molecule has 0 aromatic heterocycles. The van der Waals surface area contributed by atoms with Gasteiger partial charge in [0.2, 0.25) is 5.91 Å². The van der Waals surface area contributed by atoms with E-state index in [-0.39, 0.29) is 19.1 Å². The zero-order chi connectivity index (χ0) is 13.1. The summed E-state index contributed by atoms with van der Waals surface area (Å²) in [5.41, 5.74) is 5.65. The number of benzene rings is 1. The third-order valence-corrected chi connectivity index (χ3v) is 2.30. The lowest BCUT2D eigenvalue weighted by molar-refractivity contribution is -0.118. The highest BCUT2D eigenvalue weighted by Gasteiger charge is 2.17. The van der Waals surface area contributed by atoms with Gasteiger partial charge in [-0.25, -0.2) is 0 Å².